The highest BCUT2D eigenvalue weighted by molar-refractivity contribution is 5.46. The maximum absolute atomic E-state index is 6.29. The van der Waals surface area contributed by atoms with Crippen molar-refractivity contribution >= 4 is 5.69 Å². The number of nitrogens with one attached hydrogen (secondary N) is 1. The normalized spacial score (nSPS) is 22.0. The van der Waals surface area contributed by atoms with Crippen LogP contribution in [-0.4, -0.2) is 38.4 Å². The molecule has 3 nitrogen and oxygen atoms in total. The Balaban J connectivity index is 0.000000410. The van der Waals surface area contributed by atoms with Gasteiger partial charge in [0.2, 0.25) is 0 Å². The molecule has 0 radical (unpaired) electrons. The number of anilines is 1. The predicted octanol–water partition coefficient (Wildman–Crippen LogP) is 4.87. The highest BCUT2D eigenvalue weighted by Crippen LogP contribution is 2.46. The van der Waals surface area contributed by atoms with E-state index in [1.54, 1.807) is 0 Å². The molecule has 2 saturated heterocycles. The van der Waals surface area contributed by atoms with E-state index in [-0.39, 0.29) is 0 Å². The zero-order valence-corrected chi connectivity index (χ0v) is 16.8. The van der Waals surface area contributed by atoms with Crippen LogP contribution in [0.5, 0.6) is 0 Å². The molecular weight excluding hydrogens is 308 g/mol. The summed E-state index contributed by atoms with van der Waals surface area (Å²) in [5.41, 5.74) is 1.99. The summed E-state index contributed by atoms with van der Waals surface area (Å²) in [5, 5.41) is 3.39. The molecule has 142 valence electrons. The number of hydrogen-bond donors (Lipinski definition) is 1. The van der Waals surface area contributed by atoms with E-state index in [4.69, 9.17) is 4.74 Å². The molecule has 3 fully saturated rings. The Labute approximate surface area is 155 Å². The van der Waals surface area contributed by atoms with Crippen LogP contribution < -0.4 is 10.2 Å². The number of para-hydroxylation sites is 1. The summed E-state index contributed by atoms with van der Waals surface area (Å²) >= 11 is 0. The van der Waals surface area contributed by atoms with E-state index in [1.165, 1.54) is 50.9 Å². The third-order valence-electron chi connectivity index (χ3n) is 5.27. The van der Waals surface area contributed by atoms with Crippen LogP contribution in [0.4, 0.5) is 5.69 Å². The summed E-state index contributed by atoms with van der Waals surface area (Å²) in [7, 11) is 0. The summed E-state index contributed by atoms with van der Waals surface area (Å²) in [4.78, 5) is 2.48. The third kappa shape index (κ3) is 5.46. The van der Waals surface area contributed by atoms with Crippen molar-refractivity contribution in [2.45, 2.75) is 72.0 Å². The van der Waals surface area contributed by atoms with Crippen molar-refractivity contribution in [1.82, 2.24) is 5.32 Å². The first kappa shape index (κ1) is 20.3. The van der Waals surface area contributed by atoms with E-state index >= 15 is 0 Å². The van der Waals surface area contributed by atoms with Crippen molar-refractivity contribution in [3.63, 3.8) is 0 Å². The Morgan fingerprint density at radius 3 is 2.04 bits per heavy atom. The average molecular weight is 347 g/mol. The standard InChI is InChI=1S/C17H24N2O.C3H8.C2H6/c1-2-4-14(5-3-1)19-8-6-15(7-9-19)20-16-10-17(11-16)12-18-13-17;1-3-2;1-2/h1-5,15-16,18H,6-13H2;3H2,1-2H3;1-2H3. The van der Waals surface area contributed by atoms with E-state index in [0.29, 0.717) is 17.6 Å². The predicted molar refractivity (Wildman–Crippen MR) is 108 cm³/mol. The Morgan fingerprint density at radius 1 is 1.00 bits per heavy atom. The largest absolute Gasteiger partial charge is 0.375 e. The second-order valence-corrected chi connectivity index (χ2v) is 7.50. The molecule has 3 aliphatic rings. The lowest BCUT2D eigenvalue weighted by atomic mass is 9.63. The fourth-order valence-corrected chi connectivity index (χ4v) is 3.93. The van der Waals surface area contributed by atoms with Gasteiger partial charge in [0.05, 0.1) is 12.2 Å². The Kier molecular flexibility index (Phi) is 8.25. The quantitative estimate of drug-likeness (QED) is 0.845. The highest BCUT2D eigenvalue weighted by atomic mass is 16.5. The molecule has 1 aliphatic carbocycles. The van der Waals surface area contributed by atoms with Crippen LogP contribution in [0.15, 0.2) is 30.3 Å². The van der Waals surface area contributed by atoms with Crippen LogP contribution in [0.3, 0.4) is 0 Å². The molecule has 0 unspecified atom stereocenters. The van der Waals surface area contributed by atoms with Gasteiger partial charge in [-0.2, -0.15) is 0 Å². The molecule has 3 heteroatoms. The van der Waals surface area contributed by atoms with E-state index in [0.717, 1.165) is 13.1 Å². The highest BCUT2D eigenvalue weighted by Gasteiger charge is 2.49. The lowest BCUT2D eigenvalue weighted by Crippen LogP contribution is -2.62. The van der Waals surface area contributed by atoms with Crippen LogP contribution in [0.1, 0.15) is 59.8 Å². The molecule has 1 spiro atoms. The van der Waals surface area contributed by atoms with E-state index in [1.807, 2.05) is 13.8 Å². The van der Waals surface area contributed by atoms with Crippen molar-refractivity contribution in [1.29, 1.82) is 0 Å². The van der Waals surface area contributed by atoms with E-state index in [2.05, 4.69) is 54.4 Å². The molecular formula is C22H38N2O. The summed E-state index contributed by atoms with van der Waals surface area (Å²) < 4.78 is 6.29. The monoisotopic (exact) mass is 346 g/mol. The molecule has 1 aromatic rings. The molecule has 0 atom stereocenters. The molecule has 25 heavy (non-hydrogen) atoms. The molecule has 0 bridgehead atoms. The van der Waals surface area contributed by atoms with E-state index in [9.17, 15) is 0 Å². The Hall–Kier alpha value is -1.06. The molecule has 1 N–H and O–H groups in total. The van der Waals surface area contributed by atoms with Crippen LogP contribution in [0.2, 0.25) is 0 Å². The Morgan fingerprint density at radius 2 is 1.56 bits per heavy atom. The zero-order chi connectivity index (χ0) is 18.1. The summed E-state index contributed by atoms with van der Waals surface area (Å²) in [6.45, 7) is 13.0. The second-order valence-electron chi connectivity index (χ2n) is 7.50. The molecule has 4 rings (SSSR count). The van der Waals surface area contributed by atoms with Gasteiger partial charge in [-0.25, -0.2) is 0 Å². The molecule has 1 aromatic carbocycles. The van der Waals surface area contributed by atoms with Gasteiger partial charge in [-0.15, -0.1) is 0 Å². The number of hydrogen-bond acceptors (Lipinski definition) is 3. The maximum Gasteiger partial charge on any atom is 0.0612 e. The minimum absolute atomic E-state index is 0.491. The van der Waals surface area contributed by atoms with Gasteiger partial charge < -0.3 is 15.0 Å². The number of nitrogens with zero attached hydrogens (tertiary/aromatic N) is 1. The van der Waals surface area contributed by atoms with Crippen LogP contribution in [0, 0.1) is 5.41 Å². The summed E-state index contributed by atoms with van der Waals surface area (Å²) in [6.07, 6.45) is 7.22. The first-order valence-corrected chi connectivity index (χ1v) is 10.4. The van der Waals surface area contributed by atoms with Gasteiger partial charge in [-0.1, -0.05) is 52.3 Å². The minimum Gasteiger partial charge on any atom is -0.375 e. The topological polar surface area (TPSA) is 24.5 Å². The van der Waals surface area contributed by atoms with Crippen LogP contribution in [0.25, 0.3) is 0 Å². The van der Waals surface area contributed by atoms with Gasteiger partial charge in [-0.3, -0.25) is 0 Å². The molecule has 0 aromatic heterocycles. The smallest absolute Gasteiger partial charge is 0.0612 e. The van der Waals surface area contributed by atoms with Crippen molar-refractivity contribution in [3.8, 4) is 0 Å². The number of piperidine rings is 1. The fourth-order valence-electron chi connectivity index (χ4n) is 3.93. The van der Waals surface area contributed by atoms with E-state index < -0.39 is 0 Å². The first-order chi connectivity index (χ1) is 12.2. The molecule has 0 amide bonds. The van der Waals surface area contributed by atoms with Gasteiger partial charge in [0.25, 0.3) is 0 Å². The minimum atomic E-state index is 0.491. The first-order valence-electron chi connectivity index (χ1n) is 10.4. The number of rotatable bonds is 3. The lowest BCUT2D eigenvalue weighted by molar-refractivity contribution is -0.135. The maximum atomic E-state index is 6.29. The summed E-state index contributed by atoms with van der Waals surface area (Å²) in [5.74, 6) is 0. The van der Waals surface area contributed by atoms with Gasteiger partial charge in [0.1, 0.15) is 0 Å². The average Bonchev–Trinajstić information content (AvgIpc) is 2.60. The number of ether oxygens (including phenoxy) is 1. The number of benzene rings is 1. The van der Waals surface area contributed by atoms with Crippen molar-refractivity contribution in [2.24, 2.45) is 5.41 Å². The molecule has 2 aliphatic heterocycles. The Bertz CT molecular complexity index is 456. The van der Waals surface area contributed by atoms with Crippen molar-refractivity contribution < 1.29 is 4.74 Å². The third-order valence-corrected chi connectivity index (χ3v) is 5.27. The zero-order valence-electron chi connectivity index (χ0n) is 16.8. The molecule has 2 heterocycles. The molecule has 1 saturated carbocycles. The van der Waals surface area contributed by atoms with Crippen molar-refractivity contribution in [2.75, 3.05) is 31.1 Å². The van der Waals surface area contributed by atoms with Gasteiger partial charge in [0, 0.05) is 37.3 Å². The summed E-state index contributed by atoms with van der Waals surface area (Å²) in [6, 6.07) is 10.7. The lowest BCUT2D eigenvalue weighted by Gasteiger charge is -2.54. The van der Waals surface area contributed by atoms with Gasteiger partial charge >= 0.3 is 0 Å². The van der Waals surface area contributed by atoms with Crippen molar-refractivity contribution in [3.05, 3.63) is 30.3 Å². The van der Waals surface area contributed by atoms with Gasteiger partial charge in [-0.05, 0) is 37.8 Å². The van der Waals surface area contributed by atoms with Crippen LogP contribution in [-0.2, 0) is 4.74 Å². The SMILES string of the molecule is CC.CCC.c1ccc(N2CCC(OC3CC4(CNC4)C3)CC2)cc1. The fraction of sp³-hybridized carbons (Fsp3) is 0.727. The van der Waals surface area contributed by atoms with Gasteiger partial charge in [0.15, 0.2) is 0 Å². The van der Waals surface area contributed by atoms with Crippen LogP contribution >= 0.6 is 0 Å². The second kappa shape index (κ2) is 10.2.